The summed E-state index contributed by atoms with van der Waals surface area (Å²) in [6.07, 6.45) is 5.87. The minimum Gasteiger partial charge on any atom is -0.457 e. The average Bonchev–Trinajstić information content (AvgIpc) is 3.09. The zero-order valence-corrected chi connectivity index (χ0v) is 20.4. The summed E-state index contributed by atoms with van der Waals surface area (Å²) in [7, 11) is 0. The van der Waals surface area contributed by atoms with Crippen molar-refractivity contribution in [3.63, 3.8) is 0 Å². The van der Waals surface area contributed by atoms with E-state index >= 15 is 0 Å². The SMILES string of the molecule is CCCCC1(CCCC)NC(N)N(CCCNC(=O)c2ccc(Oc3ccccc3)cc2)C1=O. The van der Waals surface area contributed by atoms with Crippen LogP contribution in [0.1, 0.15) is 69.2 Å². The Morgan fingerprint density at radius 3 is 2.24 bits per heavy atom. The Hall–Kier alpha value is -2.90. The summed E-state index contributed by atoms with van der Waals surface area (Å²) in [6.45, 7) is 5.25. The van der Waals surface area contributed by atoms with Crippen molar-refractivity contribution in [1.82, 2.24) is 15.5 Å². The van der Waals surface area contributed by atoms with Crippen LogP contribution in [-0.2, 0) is 4.79 Å². The van der Waals surface area contributed by atoms with Gasteiger partial charge in [-0.25, -0.2) is 0 Å². The number of nitrogens with one attached hydrogen (secondary N) is 2. The van der Waals surface area contributed by atoms with Gasteiger partial charge in [0.15, 0.2) is 0 Å². The van der Waals surface area contributed by atoms with Crippen LogP contribution in [0.25, 0.3) is 0 Å². The highest BCUT2D eigenvalue weighted by molar-refractivity contribution is 5.94. The molecule has 1 heterocycles. The Balaban J connectivity index is 1.47. The highest BCUT2D eigenvalue weighted by atomic mass is 16.5. The Morgan fingerprint density at radius 2 is 1.62 bits per heavy atom. The van der Waals surface area contributed by atoms with Crippen molar-refractivity contribution in [3.05, 3.63) is 60.2 Å². The van der Waals surface area contributed by atoms with Gasteiger partial charge in [0.2, 0.25) is 5.91 Å². The van der Waals surface area contributed by atoms with Crippen molar-refractivity contribution in [2.45, 2.75) is 70.6 Å². The van der Waals surface area contributed by atoms with Gasteiger partial charge < -0.3 is 15.0 Å². The molecule has 34 heavy (non-hydrogen) atoms. The molecule has 7 heteroatoms. The van der Waals surface area contributed by atoms with E-state index in [0.29, 0.717) is 30.8 Å². The molecule has 1 saturated heterocycles. The van der Waals surface area contributed by atoms with Gasteiger partial charge in [-0.3, -0.25) is 20.6 Å². The molecule has 0 saturated carbocycles. The molecule has 3 rings (SSSR count). The summed E-state index contributed by atoms with van der Waals surface area (Å²) in [5.41, 5.74) is 6.31. The molecule has 2 aromatic rings. The van der Waals surface area contributed by atoms with Gasteiger partial charge in [-0.15, -0.1) is 0 Å². The first kappa shape index (κ1) is 25.7. The number of hydrogen-bond donors (Lipinski definition) is 3. The molecule has 1 unspecified atom stereocenters. The Bertz CT molecular complexity index is 909. The number of rotatable bonds is 13. The third kappa shape index (κ3) is 6.58. The number of carbonyl (C=O) groups excluding carboxylic acids is 2. The van der Waals surface area contributed by atoms with Gasteiger partial charge in [0.05, 0.1) is 0 Å². The van der Waals surface area contributed by atoms with Gasteiger partial charge in [0.1, 0.15) is 23.3 Å². The molecule has 0 aromatic heterocycles. The van der Waals surface area contributed by atoms with Crippen molar-refractivity contribution in [2.24, 2.45) is 5.73 Å². The summed E-state index contributed by atoms with van der Waals surface area (Å²) in [5, 5.41) is 6.32. The number of para-hydroxylation sites is 1. The zero-order chi connectivity index (χ0) is 24.4. The molecule has 1 aliphatic rings. The van der Waals surface area contributed by atoms with Gasteiger partial charge in [0.25, 0.3) is 5.91 Å². The number of nitrogens with zero attached hydrogens (tertiary/aromatic N) is 1. The van der Waals surface area contributed by atoms with Crippen LogP contribution in [0.5, 0.6) is 11.5 Å². The van der Waals surface area contributed by atoms with Crippen LogP contribution < -0.4 is 21.1 Å². The predicted octanol–water partition coefficient (Wildman–Crippen LogP) is 4.39. The quantitative estimate of drug-likeness (QED) is 0.381. The van der Waals surface area contributed by atoms with Crippen LogP contribution in [0.4, 0.5) is 0 Å². The molecule has 0 spiro atoms. The van der Waals surface area contributed by atoms with E-state index in [9.17, 15) is 9.59 Å². The van der Waals surface area contributed by atoms with Crippen LogP contribution >= 0.6 is 0 Å². The lowest BCUT2D eigenvalue weighted by atomic mass is 9.87. The van der Waals surface area contributed by atoms with Crippen LogP contribution in [-0.4, -0.2) is 41.6 Å². The number of carbonyl (C=O) groups is 2. The second-order valence-corrected chi connectivity index (χ2v) is 8.93. The molecule has 1 fully saturated rings. The van der Waals surface area contributed by atoms with E-state index < -0.39 is 11.8 Å². The summed E-state index contributed by atoms with van der Waals surface area (Å²) >= 11 is 0. The summed E-state index contributed by atoms with van der Waals surface area (Å²) in [5.74, 6) is 1.37. The van der Waals surface area contributed by atoms with E-state index in [1.54, 1.807) is 29.2 Å². The molecular formula is C27H38N4O3. The number of benzene rings is 2. The third-order valence-corrected chi connectivity index (χ3v) is 6.30. The summed E-state index contributed by atoms with van der Waals surface area (Å²) in [4.78, 5) is 27.5. The number of nitrogens with two attached hydrogens (primary N) is 1. The van der Waals surface area contributed by atoms with Gasteiger partial charge in [0, 0.05) is 18.7 Å². The highest BCUT2D eigenvalue weighted by Gasteiger charge is 2.48. The molecule has 2 amide bonds. The minimum atomic E-state index is -0.543. The lowest BCUT2D eigenvalue weighted by Gasteiger charge is -2.27. The van der Waals surface area contributed by atoms with E-state index in [-0.39, 0.29) is 11.8 Å². The lowest BCUT2D eigenvalue weighted by Crippen LogP contribution is -2.49. The fraction of sp³-hybridized carbons (Fsp3) is 0.481. The number of amides is 2. The first-order chi connectivity index (χ1) is 16.5. The highest BCUT2D eigenvalue weighted by Crippen LogP contribution is 2.30. The monoisotopic (exact) mass is 466 g/mol. The second kappa shape index (κ2) is 12.5. The van der Waals surface area contributed by atoms with E-state index in [1.165, 1.54) is 0 Å². The topological polar surface area (TPSA) is 96.7 Å². The molecule has 2 aromatic carbocycles. The van der Waals surface area contributed by atoms with Gasteiger partial charge in [-0.2, -0.15) is 0 Å². The lowest BCUT2D eigenvalue weighted by molar-refractivity contribution is -0.133. The molecule has 184 valence electrons. The molecule has 1 aliphatic heterocycles. The van der Waals surface area contributed by atoms with E-state index in [2.05, 4.69) is 24.5 Å². The normalized spacial score (nSPS) is 17.1. The van der Waals surface area contributed by atoms with E-state index in [0.717, 1.165) is 44.3 Å². The second-order valence-electron chi connectivity index (χ2n) is 8.93. The van der Waals surface area contributed by atoms with Crippen molar-refractivity contribution in [1.29, 1.82) is 0 Å². The zero-order valence-electron chi connectivity index (χ0n) is 20.4. The largest absolute Gasteiger partial charge is 0.457 e. The van der Waals surface area contributed by atoms with Crippen molar-refractivity contribution in [2.75, 3.05) is 13.1 Å². The summed E-state index contributed by atoms with van der Waals surface area (Å²) in [6, 6.07) is 16.6. The first-order valence-corrected chi connectivity index (χ1v) is 12.4. The summed E-state index contributed by atoms with van der Waals surface area (Å²) < 4.78 is 5.77. The number of ether oxygens (including phenoxy) is 1. The Kier molecular flexibility index (Phi) is 9.48. The molecule has 1 atom stereocenters. The Morgan fingerprint density at radius 1 is 1.00 bits per heavy atom. The molecule has 0 aliphatic carbocycles. The first-order valence-electron chi connectivity index (χ1n) is 12.4. The van der Waals surface area contributed by atoms with Crippen molar-refractivity contribution < 1.29 is 14.3 Å². The van der Waals surface area contributed by atoms with Crippen LogP contribution in [0.15, 0.2) is 54.6 Å². The van der Waals surface area contributed by atoms with Gasteiger partial charge in [-0.05, 0) is 55.7 Å². The molecule has 4 N–H and O–H groups in total. The van der Waals surface area contributed by atoms with E-state index in [1.807, 2.05) is 30.3 Å². The van der Waals surface area contributed by atoms with Gasteiger partial charge >= 0.3 is 0 Å². The third-order valence-electron chi connectivity index (χ3n) is 6.30. The molecule has 0 bridgehead atoms. The van der Waals surface area contributed by atoms with Crippen molar-refractivity contribution >= 4 is 11.8 Å². The fourth-order valence-corrected chi connectivity index (χ4v) is 4.36. The standard InChI is InChI=1S/C27H38N4O3/c1-3-5-17-27(18-6-4-2)25(33)31(26(28)30-27)20-10-19-29-24(32)21-13-15-23(16-14-21)34-22-11-8-7-9-12-22/h7-9,11-16,26,30H,3-6,10,17-20,28H2,1-2H3,(H,29,32). The number of hydrogen-bond acceptors (Lipinski definition) is 5. The Labute approximate surface area is 203 Å². The van der Waals surface area contributed by atoms with Crippen LogP contribution in [0.3, 0.4) is 0 Å². The fourth-order valence-electron chi connectivity index (χ4n) is 4.36. The maximum absolute atomic E-state index is 13.2. The minimum absolute atomic E-state index is 0.0993. The van der Waals surface area contributed by atoms with Crippen molar-refractivity contribution in [3.8, 4) is 11.5 Å². The molecular weight excluding hydrogens is 428 g/mol. The predicted molar refractivity (Wildman–Crippen MR) is 135 cm³/mol. The number of unbranched alkanes of at least 4 members (excludes halogenated alkanes) is 2. The maximum Gasteiger partial charge on any atom is 0.251 e. The van der Waals surface area contributed by atoms with Gasteiger partial charge in [-0.1, -0.05) is 57.7 Å². The molecule has 0 radical (unpaired) electrons. The maximum atomic E-state index is 13.2. The van der Waals surface area contributed by atoms with E-state index in [4.69, 9.17) is 10.5 Å². The smallest absolute Gasteiger partial charge is 0.251 e. The van der Waals surface area contributed by atoms with Crippen LogP contribution in [0, 0.1) is 0 Å². The molecule has 7 nitrogen and oxygen atoms in total. The average molecular weight is 467 g/mol. The van der Waals surface area contributed by atoms with Crippen LogP contribution in [0.2, 0.25) is 0 Å².